The Kier molecular flexibility index (Phi) is 7.51. The minimum Gasteiger partial charge on any atom is -0.487 e. The zero-order valence-corrected chi connectivity index (χ0v) is 17.2. The van der Waals surface area contributed by atoms with Crippen molar-refractivity contribution in [3.8, 4) is 5.75 Å². The third-order valence-electron chi connectivity index (χ3n) is 4.97. The van der Waals surface area contributed by atoms with E-state index in [1.54, 1.807) is 30.0 Å². The first-order valence-electron chi connectivity index (χ1n) is 10.0. The number of alkyl halides is 2. The molecule has 0 spiro atoms. The Morgan fingerprint density at radius 3 is 2.87 bits per heavy atom. The van der Waals surface area contributed by atoms with E-state index in [1.165, 1.54) is 6.20 Å². The van der Waals surface area contributed by atoms with Crippen LogP contribution in [0, 0.1) is 6.92 Å². The number of aliphatic hydroxyl groups is 1. The summed E-state index contributed by atoms with van der Waals surface area (Å²) < 4.78 is 29.8. The third kappa shape index (κ3) is 5.75. The molecular formula is C22H25F2N3O4. The van der Waals surface area contributed by atoms with Gasteiger partial charge in [-0.3, -0.25) is 14.6 Å². The van der Waals surface area contributed by atoms with E-state index in [0.717, 1.165) is 11.1 Å². The molecular weight excluding hydrogens is 408 g/mol. The van der Waals surface area contributed by atoms with Crippen molar-refractivity contribution in [3.63, 3.8) is 0 Å². The molecule has 166 valence electrons. The van der Waals surface area contributed by atoms with Crippen LogP contribution in [0.1, 0.15) is 39.2 Å². The van der Waals surface area contributed by atoms with Gasteiger partial charge in [-0.15, -0.1) is 0 Å². The van der Waals surface area contributed by atoms with Crippen molar-refractivity contribution in [1.29, 1.82) is 0 Å². The molecule has 0 saturated carbocycles. The van der Waals surface area contributed by atoms with Crippen LogP contribution in [0.2, 0.25) is 0 Å². The molecule has 2 aromatic rings. The highest BCUT2D eigenvalue weighted by Crippen LogP contribution is 2.28. The predicted octanol–water partition coefficient (Wildman–Crippen LogP) is 2.23. The summed E-state index contributed by atoms with van der Waals surface area (Å²) in [6, 6.07) is 6.84. The highest BCUT2D eigenvalue weighted by Gasteiger charge is 2.30. The van der Waals surface area contributed by atoms with Crippen LogP contribution >= 0.6 is 0 Å². The maximum atomic E-state index is 12.8. The summed E-state index contributed by atoms with van der Waals surface area (Å²) in [4.78, 5) is 30.9. The number of nitrogens with one attached hydrogen (secondary N) is 1. The molecule has 2 N–H and O–H groups in total. The lowest BCUT2D eigenvalue weighted by Gasteiger charge is -2.17. The second-order valence-electron chi connectivity index (χ2n) is 7.35. The lowest BCUT2D eigenvalue weighted by atomic mass is 10.1. The molecule has 2 amide bonds. The van der Waals surface area contributed by atoms with E-state index in [9.17, 15) is 18.4 Å². The first kappa shape index (κ1) is 22.6. The van der Waals surface area contributed by atoms with Gasteiger partial charge >= 0.3 is 0 Å². The number of aromatic nitrogens is 1. The standard InChI is InChI=1S/C22H25F2N3O4/c1-14-9-15(3-4-19(14)31-13-20(23)24)11-27-12-17-16(22(27)30)5-7-25-18(17)10-21(29)26-6-2-8-28/h3-5,7,9,20,28H,2,6,8,10-13H2,1H3,(H,26,29). The smallest absolute Gasteiger partial charge is 0.272 e. The Morgan fingerprint density at radius 1 is 1.35 bits per heavy atom. The number of aliphatic hydroxyl groups excluding tert-OH is 1. The fraction of sp³-hybridized carbons (Fsp3) is 0.409. The minimum absolute atomic E-state index is 0.00151. The van der Waals surface area contributed by atoms with Gasteiger partial charge in [-0.1, -0.05) is 12.1 Å². The zero-order valence-electron chi connectivity index (χ0n) is 17.2. The number of hydrogen-bond acceptors (Lipinski definition) is 5. The van der Waals surface area contributed by atoms with Gasteiger partial charge in [-0.25, -0.2) is 8.78 Å². The van der Waals surface area contributed by atoms with E-state index < -0.39 is 13.0 Å². The summed E-state index contributed by atoms with van der Waals surface area (Å²) in [5.41, 5.74) is 3.38. The van der Waals surface area contributed by atoms with Crippen molar-refractivity contribution in [1.82, 2.24) is 15.2 Å². The van der Waals surface area contributed by atoms with Crippen molar-refractivity contribution in [3.05, 3.63) is 58.4 Å². The van der Waals surface area contributed by atoms with E-state index in [0.29, 0.717) is 48.6 Å². The van der Waals surface area contributed by atoms with Gasteiger partial charge in [0, 0.05) is 43.6 Å². The molecule has 0 unspecified atom stereocenters. The quantitative estimate of drug-likeness (QED) is 0.561. The number of benzene rings is 1. The van der Waals surface area contributed by atoms with Gasteiger partial charge in [0.05, 0.1) is 12.1 Å². The predicted molar refractivity (Wildman–Crippen MR) is 109 cm³/mol. The van der Waals surface area contributed by atoms with Gasteiger partial charge in [0.1, 0.15) is 12.4 Å². The lowest BCUT2D eigenvalue weighted by molar-refractivity contribution is -0.120. The minimum atomic E-state index is -2.54. The highest BCUT2D eigenvalue weighted by atomic mass is 19.3. The Morgan fingerprint density at radius 2 is 2.16 bits per heavy atom. The molecule has 0 fully saturated rings. The fourth-order valence-electron chi connectivity index (χ4n) is 3.49. The van der Waals surface area contributed by atoms with Crippen LogP contribution in [0.15, 0.2) is 30.5 Å². The molecule has 3 rings (SSSR count). The Labute approximate surface area is 179 Å². The Balaban J connectivity index is 1.67. The maximum Gasteiger partial charge on any atom is 0.272 e. The molecule has 31 heavy (non-hydrogen) atoms. The normalized spacial score (nSPS) is 12.9. The molecule has 1 aliphatic heterocycles. The van der Waals surface area contributed by atoms with E-state index >= 15 is 0 Å². The largest absolute Gasteiger partial charge is 0.487 e. The van der Waals surface area contributed by atoms with Crippen LogP contribution in [0.3, 0.4) is 0 Å². The van der Waals surface area contributed by atoms with Gasteiger partial charge in [-0.05, 0) is 36.6 Å². The van der Waals surface area contributed by atoms with Gasteiger partial charge < -0.3 is 20.1 Å². The number of hydrogen-bond donors (Lipinski definition) is 2. The number of halogens is 2. The maximum absolute atomic E-state index is 12.8. The molecule has 9 heteroatoms. The lowest BCUT2D eigenvalue weighted by Crippen LogP contribution is -2.27. The average molecular weight is 433 g/mol. The molecule has 0 atom stereocenters. The number of rotatable bonds is 10. The summed E-state index contributed by atoms with van der Waals surface area (Å²) in [5.74, 6) is 0.0315. The molecule has 7 nitrogen and oxygen atoms in total. The number of carbonyl (C=O) groups is 2. The van der Waals surface area contributed by atoms with Crippen molar-refractivity contribution in [2.24, 2.45) is 0 Å². The van der Waals surface area contributed by atoms with E-state index in [4.69, 9.17) is 9.84 Å². The summed E-state index contributed by atoms with van der Waals surface area (Å²) in [7, 11) is 0. The van der Waals surface area contributed by atoms with Crippen molar-refractivity contribution in [2.45, 2.75) is 39.3 Å². The topological polar surface area (TPSA) is 91.8 Å². The van der Waals surface area contributed by atoms with Crippen LogP contribution < -0.4 is 10.1 Å². The van der Waals surface area contributed by atoms with Crippen molar-refractivity contribution >= 4 is 11.8 Å². The number of aryl methyl sites for hydroxylation is 1. The summed E-state index contributed by atoms with van der Waals surface area (Å²) in [6.07, 6.45) is -0.482. The molecule has 0 saturated heterocycles. The van der Waals surface area contributed by atoms with E-state index in [-0.39, 0.29) is 24.8 Å². The number of fused-ring (bicyclic) bond motifs is 1. The number of ether oxygens (including phenoxy) is 1. The number of pyridine rings is 1. The second-order valence-corrected chi connectivity index (χ2v) is 7.35. The molecule has 0 bridgehead atoms. The van der Waals surface area contributed by atoms with Crippen LogP contribution in [0.25, 0.3) is 0 Å². The fourth-order valence-corrected chi connectivity index (χ4v) is 3.49. The number of carbonyl (C=O) groups excluding carboxylic acids is 2. The highest BCUT2D eigenvalue weighted by molar-refractivity contribution is 5.98. The molecule has 0 radical (unpaired) electrons. The third-order valence-corrected chi connectivity index (χ3v) is 4.97. The van der Waals surface area contributed by atoms with Gasteiger partial charge in [0.2, 0.25) is 5.91 Å². The van der Waals surface area contributed by atoms with E-state index in [1.807, 2.05) is 6.07 Å². The average Bonchev–Trinajstić information content (AvgIpc) is 3.04. The zero-order chi connectivity index (χ0) is 22.4. The summed E-state index contributed by atoms with van der Waals surface area (Å²) in [6.45, 7) is 2.16. The first-order chi connectivity index (χ1) is 14.9. The number of amides is 2. The van der Waals surface area contributed by atoms with Crippen molar-refractivity contribution in [2.75, 3.05) is 19.8 Å². The second kappa shape index (κ2) is 10.3. The van der Waals surface area contributed by atoms with Gasteiger partial charge in [0.25, 0.3) is 12.3 Å². The van der Waals surface area contributed by atoms with Crippen LogP contribution in [0.5, 0.6) is 5.75 Å². The van der Waals surface area contributed by atoms with Gasteiger partial charge in [-0.2, -0.15) is 0 Å². The van der Waals surface area contributed by atoms with Crippen LogP contribution in [-0.2, 0) is 24.3 Å². The summed E-state index contributed by atoms with van der Waals surface area (Å²) >= 11 is 0. The molecule has 1 aromatic heterocycles. The van der Waals surface area contributed by atoms with Crippen LogP contribution in [0.4, 0.5) is 8.78 Å². The Hall–Kier alpha value is -3.07. The Bertz CT molecular complexity index is 952. The van der Waals surface area contributed by atoms with Gasteiger partial charge in [0.15, 0.2) is 0 Å². The first-order valence-corrected chi connectivity index (χ1v) is 10.0. The van der Waals surface area contributed by atoms with Crippen molar-refractivity contribution < 1.29 is 28.2 Å². The van der Waals surface area contributed by atoms with Crippen LogP contribution in [-0.4, -0.2) is 53.0 Å². The molecule has 0 aliphatic carbocycles. The molecule has 1 aliphatic rings. The molecule has 2 heterocycles. The van der Waals surface area contributed by atoms with E-state index in [2.05, 4.69) is 10.3 Å². The summed E-state index contributed by atoms with van der Waals surface area (Å²) in [5, 5.41) is 11.5. The monoisotopic (exact) mass is 433 g/mol. The SMILES string of the molecule is Cc1cc(CN2Cc3c(ccnc3CC(=O)NCCCO)C2=O)ccc1OCC(F)F. The number of nitrogens with zero attached hydrogens (tertiary/aromatic N) is 2. The molecule has 1 aromatic carbocycles.